The largest absolute Gasteiger partial charge is 0.394 e. The Hall–Kier alpha value is -0.560. The first-order chi connectivity index (χ1) is 16.0. The molecule has 14 atom stereocenters. The summed E-state index contributed by atoms with van der Waals surface area (Å²) in [5.74, 6) is 0. The van der Waals surface area contributed by atoms with Crippen molar-refractivity contribution in [2.75, 3.05) is 20.2 Å². The first-order valence-corrected chi connectivity index (χ1v) is 11.6. The SMILES string of the molecule is CN[C@@H]1C(O)[C@H](O[C@H]2C(O)C(O[C@@H]3O[C@H](CN)CCC3N)[C@@H](N)C(O)[C@H]2N)OC(CO)[C@]1(C)O. The van der Waals surface area contributed by atoms with E-state index in [9.17, 15) is 25.5 Å². The van der Waals surface area contributed by atoms with E-state index in [2.05, 4.69) is 5.32 Å². The summed E-state index contributed by atoms with van der Waals surface area (Å²) in [7, 11) is 1.52. The van der Waals surface area contributed by atoms with Gasteiger partial charge in [-0.05, 0) is 26.8 Å². The second-order valence-electron chi connectivity index (χ2n) is 9.60. The Kier molecular flexibility index (Phi) is 9.25. The molecule has 0 bridgehead atoms. The predicted molar refractivity (Wildman–Crippen MR) is 118 cm³/mol. The first kappa shape index (κ1) is 28.0. The van der Waals surface area contributed by atoms with Crippen LogP contribution in [0.3, 0.4) is 0 Å². The number of nitrogens with two attached hydrogens (primary N) is 4. The standard InChI is InChI=1S/C20H41N5O9/c1-20(30)9(6-26)32-19(14(29)17(20)25-2)34-16-11(24)12(27)10(23)15(13(16)28)33-18-8(22)4-3-7(5-21)31-18/h7-19,25-30H,3-6,21-24H2,1-2H3/t7-,8?,9?,10-,11+,12?,13?,14?,15?,16+,17+,18-,19-,20-/m0/s1. The van der Waals surface area contributed by atoms with E-state index in [1.165, 1.54) is 14.0 Å². The fourth-order valence-electron chi connectivity index (χ4n) is 5.01. The van der Waals surface area contributed by atoms with Crippen molar-refractivity contribution in [1.82, 2.24) is 5.32 Å². The van der Waals surface area contributed by atoms with Crippen LogP contribution in [0.5, 0.6) is 0 Å². The lowest BCUT2D eigenvalue weighted by Gasteiger charge is -2.51. The Labute approximate surface area is 198 Å². The number of likely N-dealkylation sites (N-methyl/N-ethyl adjacent to an activating group) is 1. The van der Waals surface area contributed by atoms with Crippen LogP contribution in [0.4, 0.5) is 0 Å². The molecule has 34 heavy (non-hydrogen) atoms. The smallest absolute Gasteiger partial charge is 0.186 e. The van der Waals surface area contributed by atoms with Gasteiger partial charge in [0.15, 0.2) is 12.6 Å². The number of aliphatic hydroxyl groups is 5. The normalized spacial score (nSPS) is 52.5. The molecular weight excluding hydrogens is 454 g/mol. The van der Waals surface area contributed by atoms with Crippen molar-refractivity contribution in [1.29, 1.82) is 0 Å². The Morgan fingerprint density at radius 2 is 1.53 bits per heavy atom. The Bertz CT molecular complexity index is 664. The maximum absolute atomic E-state index is 11.1. The number of nitrogens with one attached hydrogen (secondary N) is 1. The molecule has 1 saturated carbocycles. The topological polar surface area (TPSA) is 254 Å². The van der Waals surface area contributed by atoms with Gasteiger partial charge in [-0.25, -0.2) is 0 Å². The van der Waals surface area contributed by atoms with E-state index in [1.54, 1.807) is 0 Å². The summed E-state index contributed by atoms with van der Waals surface area (Å²) in [6, 6.07) is -3.70. The molecule has 0 amide bonds. The van der Waals surface area contributed by atoms with Gasteiger partial charge in [-0.15, -0.1) is 0 Å². The molecule has 0 spiro atoms. The van der Waals surface area contributed by atoms with E-state index in [0.29, 0.717) is 12.8 Å². The summed E-state index contributed by atoms with van der Waals surface area (Å²) >= 11 is 0. The Morgan fingerprint density at radius 3 is 2.06 bits per heavy atom. The van der Waals surface area contributed by atoms with Gasteiger partial charge < -0.3 is 72.7 Å². The molecule has 0 aromatic rings. The molecule has 0 aromatic carbocycles. The highest BCUT2D eigenvalue weighted by Crippen LogP contribution is 2.34. The van der Waals surface area contributed by atoms with Crippen LogP contribution in [0.15, 0.2) is 0 Å². The van der Waals surface area contributed by atoms with Crippen LogP contribution in [-0.2, 0) is 18.9 Å². The van der Waals surface area contributed by atoms with Crippen LogP contribution < -0.4 is 28.3 Å². The second-order valence-corrected chi connectivity index (χ2v) is 9.60. The predicted octanol–water partition coefficient (Wildman–Crippen LogP) is -5.65. The van der Waals surface area contributed by atoms with Gasteiger partial charge in [-0.3, -0.25) is 0 Å². The quantitative estimate of drug-likeness (QED) is 0.158. The summed E-state index contributed by atoms with van der Waals surface area (Å²) in [6.07, 6.45) is -9.14. The number of rotatable bonds is 7. The minimum absolute atomic E-state index is 0.268. The highest BCUT2D eigenvalue weighted by atomic mass is 16.7. The van der Waals surface area contributed by atoms with Crippen molar-refractivity contribution in [2.45, 2.75) is 105 Å². The number of hydrogen-bond donors (Lipinski definition) is 10. The van der Waals surface area contributed by atoms with E-state index in [0.717, 1.165) is 0 Å². The summed E-state index contributed by atoms with van der Waals surface area (Å²) < 4.78 is 23.1. The summed E-state index contributed by atoms with van der Waals surface area (Å²) in [5.41, 5.74) is 22.4. The molecule has 2 aliphatic heterocycles. The van der Waals surface area contributed by atoms with Gasteiger partial charge in [0.2, 0.25) is 0 Å². The third kappa shape index (κ3) is 5.26. The average molecular weight is 496 g/mol. The van der Waals surface area contributed by atoms with E-state index in [1.807, 2.05) is 0 Å². The van der Waals surface area contributed by atoms with E-state index < -0.39 is 85.6 Å². The monoisotopic (exact) mass is 495 g/mol. The van der Waals surface area contributed by atoms with E-state index in [-0.39, 0.29) is 12.6 Å². The highest BCUT2D eigenvalue weighted by Gasteiger charge is 2.55. The minimum atomic E-state index is -1.63. The van der Waals surface area contributed by atoms with Crippen LogP contribution in [0.2, 0.25) is 0 Å². The molecule has 3 rings (SSSR count). The van der Waals surface area contributed by atoms with Crippen molar-refractivity contribution < 1.29 is 44.5 Å². The lowest BCUT2D eigenvalue weighted by Crippen LogP contribution is -2.74. The van der Waals surface area contributed by atoms with Gasteiger partial charge in [0.25, 0.3) is 0 Å². The molecule has 1 aliphatic carbocycles. The molecule has 6 unspecified atom stereocenters. The molecule has 3 fully saturated rings. The lowest BCUT2D eigenvalue weighted by molar-refractivity contribution is -0.333. The Morgan fingerprint density at radius 1 is 0.941 bits per heavy atom. The lowest BCUT2D eigenvalue weighted by atomic mass is 9.81. The fraction of sp³-hybridized carbons (Fsp3) is 1.00. The second kappa shape index (κ2) is 11.2. The zero-order valence-electron chi connectivity index (χ0n) is 19.5. The number of ether oxygens (including phenoxy) is 4. The van der Waals surface area contributed by atoms with Gasteiger partial charge in [-0.2, -0.15) is 0 Å². The molecule has 14 N–H and O–H groups in total. The molecule has 2 saturated heterocycles. The van der Waals surface area contributed by atoms with Crippen LogP contribution in [0.1, 0.15) is 19.8 Å². The molecular formula is C20H41N5O9. The molecule has 3 aliphatic rings. The van der Waals surface area contributed by atoms with Gasteiger partial charge in [-0.1, -0.05) is 0 Å². The molecule has 2 heterocycles. The van der Waals surface area contributed by atoms with Gasteiger partial charge in [0.1, 0.15) is 36.1 Å². The van der Waals surface area contributed by atoms with Crippen LogP contribution >= 0.6 is 0 Å². The van der Waals surface area contributed by atoms with Gasteiger partial charge in [0, 0.05) is 6.54 Å². The van der Waals surface area contributed by atoms with E-state index >= 15 is 0 Å². The zero-order valence-corrected chi connectivity index (χ0v) is 19.5. The van der Waals surface area contributed by atoms with Crippen LogP contribution in [0.25, 0.3) is 0 Å². The third-order valence-electron chi connectivity index (χ3n) is 7.24. The number of hydrogen-bond acceptors (Lipinski definition) is 14. The van der Waals surface area contributed by atoms with Crippen molar-refractivity contribution >= 4 is 0 Å². The zero-order chi connectivity index (χ0) is 25.4. The average Bonchev–Trinajstić information content (AvgIpc) is 2.80. The minimum Gasteiger partial charge on any atom is -0.394 e. The van der Waals surface area contributed by atoms with Gasteiger partial charge in [0.05, 0.1) is 43.0 Å². The molecule has 14 nitrogen and oxygen atoms in total. The summed E-state index contributed by atoms with van der Waals surface area (Å²) in [6.45, 7) is 1.12. The maximum Gasteiger partial charge on any atom is 0.186 e. The first-order valence-electron chi connectivity index (χ1n) is 11.6. The molecule has 200 valence electrons. The highest BCUT2D eigenvalue weighted by molar-refractivity contribution is 5.07. The van der Waals surface area contributed by atoms with Crippen molar-refractivity contribution in [3.05, 3.63) is 0 Å². The summed E-state index contributed by atoms with van der Waals surface area (Å²) in [4.78, 5) is 0. The van der Waals surface area contributed by atoms with Crippen molar-refractivity contribution in [2.24, 2.45) is 22.9 Å². The van der Waals surface area contributed by atoms with E-state index in [4.69, 9.17) is 41.9 Å². The Balaban J connectivity index is 1.78. The third-order valence-corrected chi connectivity index (χ3v) is 7.24. The number of aliphatic hydroxyl groups excluding tert-OH is 4. The fourth-order valence-corrected chi connectivity index (χ4v) is 5.01. The van der Waals surface area contributed by atoms with Crippen LogP contribution in [0, 0.1) is 0 Å². The molecule has 0 aromatic heterocycles. The molecule has 14 heteroatoms. The summed E-state index contributed by atoms with van der Waals surface area (Å²) in [5, 5.41) is 55.7. The maximum atomic E-state index is 11.1. The van der Waals surface area contributed by atoms with Gasteiger partial charge >= 0.3 is 0 Å². The van der Waals surface area contributed by atoms with Crippen molar-refractivity contribution in [3.63, 3.8) is 0 Å². The molecule has 0 radical (unpaired) electrons. The van der Waals surface area contributed by atoms with Crippen LogP contribution in [-0.4, -0.2) is 131 Å². The van der Waals surface area contributed by atoms with Crippen molar-refractivity contribution in [3.8, 4) is 0 Å².